The molecule has 1 aromatic heterocycles. The summed E-state index contributed by atoms with van der Waals surface area (Å²) in [4.78, 5) is 11.1. The van der Waals surface area contributed by atoms with Gasteiger partial charge < -0.3 is 5.11 Å². The molecule has 0 aliphatic heterocycles. The molecule has 5 heteroatoms. The van der Waals surface area contributed by atoms with Crippen molar-refractivity contribution >= 4 is 17.6 Å². The van der Waals surface area contributed by atoms with Crippen LogP contribution in [0.25, 0.3) is 5.69 Å². The van der Waals surface area contributed by atoms with E-state index in [0.717, 1.165) is 11.3 Å². The molecular formula is C14H15ClN2O2. The summed E-state index contributed by atoms with van der Waals surface area (Å²) >= 11 is 6.14. The molecule has 0 saturated carbocycles. The van der Waals surface area contributed by atoms with E-state index in [1.807, 2.05) is 45.0 Å². The van der Waals surface area contributed by atoms with Crippen LogP contribution in [0.15, 0.2) is 24.3 Å². The molecule has 2 rings (SSSR count). The number of nitrogens with zero attached hydrogens (tertiary/aromatic N) is 2. The molecule has 0 spiro atoms. The second kappa shape index (κ2) is 5.05. The fourth-order valence-electron chi connectivity index (χ4n) is 1.93. The van der Waals surface area contributed by atoms with Crippen molar-refractivity contribution in [3.05, 3.63) is 46.2 Å². The van der Waals surface area contributed by atoms with Crippen molar-refractivity contribution in [3.63, 3.8) is 0 Å². The highest BCUT2D eigenvalue weighted by Gasteiger charge is 2.23. The Labute approximate surface area is 116 Å². The Morgan fingerprint density at radius 2 is 1.89 bits per heavy atom. The number of carboxylic acid groups (broad SMARTS) is 1. The van der Waals surface area contributed by atoms with Gasteiger partial charge in [-0.1, -0.05) is 43.1 Å². The molecule has 0 fully saturated rings. The fraction of sp³-hybridized carbons (Fsp3) is 0.286. The topological polar surface area (TPSA) is 55.1 Å². The summed E-state index contributed by atoms with van der Waals surface area (Å²) in [7, 11) is 0. The SMILES string of the molecule is Cc1ccc(-n2nc(C(=O)O)c(Cl)c2C(C)C)cc1. The second-order valence-corrected chi connectivity index (χ2v) is 5.13. The number of benzene rings is 1. The van der Waals surface area contributed by atoms with Crippen LogP contribution in [-0.4, -0.2) is 20.9 Å². The van der Waals surface area contributed by atoms with Crippen LogP contribution in [0.1, 0.15) is 41.5 Å². The van der Waals surface area contributed by atoms with Crippen LogP contribution in [0.5, 0.6) is 0 Å². The summed E-state index contributed by atoms with van der Waals surface area (Å²) in [6.45, 7) is 5.91. The molecule has 2 aromatic rings. The van der Waals surface area contributed by atoms with E-state index < -0.39 is 5.97 Å². The highest BCUT2D eigenvalue weighted by atomic mass is 35.5. The van der Waals surface area contributed by atoms with Gasteiger partial charge in [-0.25, -0.2) is 9.48 Å². The molecule has 0 radical (unpaired) electrons. The maximum atomic E-state index is 11.1. The van der Waals surface area contributed by atoms with Gasteiger partial charge in [0, 0.05) is 0 Å². The van der Waals surface area contributed by atoms with Crippen LogP contribution in [0, 0.1) is 6.92 Å². The molecule has 0 aliphatic rings. The normalized spacial score (nSPS) is 11.0. The number of carboxylic acids is 1. The lowest BCUT2D eigenvalue weighted by Crippen LogP contribution is -2.04. The molecule has 4 nitrogen and oxygen atoms in total. The molecule has 0 bridgehead atoms. The molecule has 1 aromatic carbocycles. The quantitative estimate of drug-likeness (QED) is 0.932. The van der Waals surface area contributed by atoms with Crippen LogP contribution >= 0.6 is 11.6 Å². The summed E-state index contributed by atoms with van der Waals surface area (Å²) in [5.41, 5.74) is 2.55. The molecule has 19 heavy (non-hydrogen) atoms. The minimum atomic E-state index is -1.11. The van der Waals surface area contributed by atoms with E-state index in [2.05, 4.69) is 5.10 Å². The third-order valence-electron chi connectivity index (χ3n) is 2.89. The fourth-order valence-corrected chi connectivity index (χ4v) is 2.35. The van der Waals surface area contributed by atoms with Crippen LogP contribution in [0.4, 0.5) is 0 Å². The number of hydrogen-bond acceptors (Lipinski definition) is 2. The predicted octanol–water partition coefficient (Wildman–Crippen LogP) is 3.66. The Bertz CT molecular complexity index is 615. The molecule has 0 aliphatic carbocycles. The first-order valence-electron chi connectivity index (χ1n) is 6.00. The Kier molecular flexibility index (Phi) is 3.62. The van der Waals surface area contributed by atoms with Gasteiger partial charge >= 0.3 is 5.97 Å². The predicted molar refractivity (Wildman–Crippen MR) is 74.4 cm³/mol. The van der Waals surface area contributed by atoms with Crippen LogP contribution < -0.4 is 0 Å². The van der Waals surface area contributed by atoms with Crippen molar-refractivity contribution in [2.24, 2.45) is 0 Å². The summed E-state index contributed by atoms with van der Waals surface area (Å²) in [5.74, 6) is -1.04. The molecular weight excluding hydrogens is 264 g/mol. The number of halogens is 1. The second-order valence-electron chi connectivity index (χ2n) is 4.76. The third-order valence-corrected chi connectivity index (χ3v) is 3.26. The Balaban J connectivity index is 2.65. The molecule has 1 N–H and O–H groups in total. The molecule has 1 heterocycles. The molecule has 100 valence electrons. The lowest BCUT2D eigenvalue weighted by molar-refractivity contribution is 0.0690. The van der Waals surface area contributed by atoms with Gasteiger partial charge in [0.2, 0.25) is 0 Å². The maximum Gasteiger partial charge on any atom is 0.358 e. The molecule has 0 unspecified atom stereocenters. The Morgan fingerprint density at radius 3 is 2.37 bits per heavy atom. The van der Waals surface area contributed by atoms with E-state index in [4.69, 9.17) is 16.7 Å². The van der Waals surface area contributed by atoms with Crippen LogP contribution in [0.3, 0.4) is 0 Å². The highest BCUT2D eigenvalue weighted by molar-refractivity contribution is 6.34. The first-order chi connectivity index (χ1) is 8.91. The zero-order valence-electron chi connectivity index (χ0n) is 11.0. The first-order valence-corrected chi connectivity index (χ1v) is 6.38. The van der Waals surface area contributed by atoms with E-state index in [9.17, 15) is 4.79 Å². The van der Waals surface area contributed by atoms with E-state index in [1.54, 1.807) is 4.68 Å². The standard InChI is InChI=1S/C14H15ClN2O2/c1-8(2)13-11(15)12(14(18)19)16-17(13)10-6-4-9(3)5-7-10/h4-8H,1-3H3,(H,18,19). The van der Waals surface area contributed by atoms with E-state index >= 15 is 0 Å². The van der Waals surface area contributed by atoms with E-state index in [0.29, 0.717) is 5.69 Å². The van der Waals surface area contributed by atoms with Crippen molar-refractivity contribution in [2.75, 3.05) is 0 Å². The maximum absolute atomic E-state index is 11.1. The number of aryl methyl sites for hydroxylation is 1. The van der Waals surface area contributed by atoms with Crippen LogP contribution in [0.2, 0.25) is 5.02 Å². The highest BCUT2D eigenvalue weighted by Crippen LogP contribution is 2.30. The van der Waals surface area contributed by atoms with Gasteiger partial charge in [0.25, 0.3) is 0 Å². The van der Waals surface area contributed by atoms with Gasteiger partial charge in [-0.05, 0) is 25.0 Å². The van der Waals surface area contributed by atoms with Crippen molar-refractivity contribution in [1.82, 2.24) is 9.78 Å². The summed E-state index contributed by atoms with van der Waals surface area (Å²) in [5, 5.41) is 13.4. The Hall–Kier alpha value is -1.81. The molecule has 0 saturated heterocycles. The average molecular weight is 279 g/mol. The summed E-state index contributed by atoms with van der Waals surface area (Å²) in [6, 6.07) is 7.71. The number of aromatic nitrogens is 2. The largest absolute Gasteiger partial charge is 0.476 e. The summed E-state index contributed by atoms with van der Waals surface area (Å²) in [6.07, 6.45) is 0. The zero-order valence-corrected chi connectivity index (χ0v) is 11.8. The number of aromatic carboxylic acids is 1. The van der Waals surface area contributed by atoms with Crippen molar-refractivity contribution in [3.8, 4) is 5.69 Å². The smallest absolute Gasteiger partial charge is 0.358 e. The minimum absolute atomic E-state index is 0.0782. The van der Waals surface area contributed by atoms with Gasteiger partial charge in [0.05, 0.1) is 16.4 Å². The van der Waals surface area contributed by atoms with Gasteiger partial charge in [-0.2, -0.15) is 5.10 Å². The van der Waals surface area contributed by atoms with Crippen molar-refractivity contribution < 1.29 is 9.90 Å². The Morgan fingerprint density at radius 1 is 1.32 bits per heavy atom. The van der Waals surface area contributed by atoms with E-state index in [-0.39, 0.29) is 16.6 Å². The van der Waals surface area contributed by atoms with Crippen LogP contribution in [-0.2, 0) is 0 Å². The number of carbonyl (C=O) groups is 1. The van der Waals surface area contributed by atoms with Gasteiger partial charge in [0.1, 0.15) is 0 Å². The monoisotopic (exact) mass is 278 g/mol. The molecule has 0 amide bonds. The first kappa shape index (κ1) is 13.6. The summed E-state index contributed by atoms with van der Waals surface area (Å²) < 4.78 is 1.61. The zero-order chi connectivity index (χ0) is 14.2. The van der Waals surface area contributed by atoms with E-state index in [1.165, 1.54) is 0 Å². The van der Waals surface area contributed by atoms with Crippen molar-refractivity contribution in [1.29, 1.82) is 0 Å². The average Bonchev–Trinajstić information content (AvgIpc) is 2.68. The lowest BCUT2D eigenvalue weighted by atomic mass is 10.1. The number of rotatable bonds is 3. The van der Waals surface area contributed by atoms with Gasteiger partial charge in [-0.3, -0.25) is 0 Å². The third kappa shape index (κ3) is 2.49. The van der Waals surface area contributed by atoms with Gasteiger partial charge in [-0.15, -0.1) is 0 Å². The number of hydrogen-bond donors (Lipinski definition) is 1. The van der Waals surface area contributed by atoms with Gasteiger partial charge in [0.15, 0.2) is 5.69 Å². The molecule has 0 atom stereocenters. The van der Waals surface area contributed by atoms with Crippen molar-refractivity contribution in [2.45, 2.75) is 26.7 Å². The minimum Gasteiger partial charge on any atom is -0.476 e. The lowest BCUT2D eigenvalue weighted by Gasteiger charge is -2.10.